The van der Waals surface area contributed by atoms with E-state index < -0.39 is 28.1 Å². The summed E-state index contributed by atoms with van der Waals surface area (Å²) in [6.07, 6.45) is -0.918. The van der Waals surface area contributed by atoms with Crippen LogP contribution in [0.5, 0.6) is 0 Å². The second-order valence-corrected chi connectivity index (χ2v) is 9.18. The van der Waals surface area contributed by atoms with Gasteiger partial charge in [-0.2, -0.15) is 4.31 Å². The minimum atomic E-state index is -3.84. The highest BCUT2D eigenvalue weighted by Crippen LogP contribution is 2.23. The van der Waals surface area contributed by atoms with Gasteiger partial charge in [0.2, 0.25) is 10.0 Å². The van der Waals surface area contributed by atoms with Gasteiger partial charge < -0.3 is 15.4 Å². The van der Waals surface area contributed by atoms with Crippen LogP contribution in [0.4, 0.5) is 0 Å². The molecule has 0 spiro atoms. The lowest BCUT2D eigenvalue weighted by molar-refractivity contribution is -0.139. The van der Waals surface area contributed by atoms with Gasteiger partial charge in [0.1, 0.15) is 6.23 Å². The highest BCUT2D eigenvalue weighted by molar-refractivity contribution is 7.89. The number of benzene rings is 2. The molecule has 0 aliphatic carbocycles. The van der Waals surface area contributed by atoms with E-state index in [0.29, 0.717) is 10.0 Å². The third-order valence-electron chi connectivity index (χ3n) is 4.37. The average molecular weight is 472 g/mol. The Hall–Kier alpha value is -2.17. The number of ether oxygens (including phenoxy) is 1. The normalized spacial score (nSPS) is 16.9. The maximum Gasteiger partial charge on any atom is 0.309 e. The van der Waals surface area contributed by atoms with Crippen LogP contribution in [0.1, 0.15) is 5.56 Å². The number of sulfonamides is 1. The molecule has 8 nitrogen and oxygen atoms in total. The molecular weight excluding hydrogens is 453 g/mol. The summed E-state index contributed by atoms with van der Waals surface area (Å²) in [6, 6.07) is 12.6. The Kier molecular flexibility index (Phi) is 7.32. The summed E-state index contributed by atoms with van der Waals surface area (Å²) in [5.41, 5.74) is 0.778. The zero-order valence-electron chi connectivity index (χ0n) is 15.7. The minimum absolute atomic E-state index is 0.0643. The molecule has 30 heavy (non-hydrogen) atoms. The summed E-state index contributed by atoms with van der Waals surface area (Å²) in [6.45, 7) is 0.296. The van der Waals surface area contributed by atoms with Crippen molar-refractivity contribution in [1.82, 2.24) is 14.9 Å². The van der Waals surface area contributed by atoms with E-state index in [1.165, 1.54) is 24.3 Å². The quantitative estimate of drug-likeness (QED) is 0.624. The highest BCUT2D eigenvalue weighted by Gasteiger charge is 2.36. The SMILES string of the molecule is O=C(NCc1ccc(Cl)cc1)C(=O)NC[C@H]1OCCN1S(=O)(=O)c1ccc(Cl)cc1. The summed E-state index contributed by atoms with van der Waals surface area (Å²) in [5.74, 6) is -1.72. The van der Waals surface area contributed by atoms with Gasteiger partial charge in [0.25, 0.3) is 0 Å². The second-order valence-electron chi connectivity index (χ2n) is 6.41. The van der Waals surface area contributed by atoms with Crippen molar-refractivity contribution in [3.05, 3.63) is 64.1 Å². The van der Waals surface area contributed by atoms with Crippen LogP contribution in [0.25, 0.3) is 0 Å². The molecule has 1 saturated heterocycles. The predicted molar refractivity (Wildman–Crippen MR) is 111 cm³/mol. The van der Waals surface area contributed by atoms with E-state index in [1.54, 1.807) is 24.3 Å². The maximum atomic E-state index is 12.8. The topological polar surface area (TPSA) is 105 Å². The molecule has 1 heterocycles. The van der Waals surface area contributed by atoms with E-state index in [2.05, 4.69) is 10.6 Å². The van der Waals surface area contributed by atoms with Crippen LogP contribution >= 0.6 is 23.2 Å². The van der Waals surface area contributed by atoms with Gasteiger partial charge in [-0.05, 0) is 42.0 Å². The van der Waals surface area contributed by atoms with Crippen molar-refractivity contribution in [3.8, 4) is 0 Å². The number of carbonyl (C=O) groups excluding carboxylic acids is 2. The van der Waals surface area contributed by atoms with E-state index >= 15 is 0 Å². The van der Waals surface area contributed by atoms with Gasteiger partial charge in [-0.25, -0.2) is 8.42 Å². The molecule has 1 fully saturated rings. The van der Waals surface area contributed by atoms with Crippen LogP contribution in [-0.2, 0) is 30.9 Å². The maximum absolute atomic E-state index is 12.8. The molecule has 3 rings (SSSR count). The fourth-order valence-electron chi connectivity index (χ4n) is 2.81. The number of rotatable bonds is 6. The van der Waals surface area contributed by atoms with Gasteiger partial charge in [0.05, 0.1) is 18.0 Å². The fourth-order valence-corrected chi connectivity index (χ4v) is 4.57. The number of nitrogens with zero attached hydrogens (tertiary/aromatic N) is 1. The molecule has 160 valence electrons. The third-order valence-corrected chi connectivity index (χ3v) is 6.78. The highest BCUT2D eigenvalue weighted by atomic mass is 35.5. The van der Waals surface area contributed by atoms with Gasteiger partial charge in [0.15, 0.2) is 0 Å². The largest absolute Gasteiger partial charge is 0.359 e. The Balaban J connectivity index is 1.54. The number of hydrogen-bond donors (Lipinski definition) is 2. The Labute approximate surface area is 184 Å². The standard InChI is InChI=1S/C19H19Cl2N3O5S/c20-14-3-1-13(2-4-14)11-22-18(25)19(26)23-12-17-24(9-10-29-17)30(27,28)16-7-5-15(21)6-8-16/h1-8,17H,9-12H2,(H,22,25)(H,23,26)/t17-/m1/s1. The summed E-state index contributed by atoms with van der Waals surface area (Å²) in [7, 11) is -3.84. The van der Waals surface area contributed by atoms with Gasteiger partial charge in [0, 0.05) is 23.1 Å². The van der Waals surface area contributed by atoms with Crippen LogP contribution in [0, 0.1) is 0 Å². The molecule has 2 aromatic carbocycles. The number of amides is 2. The molecule has 0 radical (unpaired) electrons. The lowest BCUT2D eigenvalue weighted by Crippen LogP contribution is -2.47. The number of hydrogen-bond acceptors (Lipinski definition) is 5. The zero-order valence-corrected chi connectivity index (χ0v) is 18.0. The van der Waals surface area contributed by atoms with Gasteiger partial charge in [-0.15, -0.1) is 0 Å². The fraction of sp³-hybridized carbons (Fsp3) is 0.263. The average Bonchev–Trinajstić information content (AvgIpc) is 3.21. The third kappa shape index (κ3) is 5.50. The summed E-state index contributed by atoms with van der Waals surface area (Å²) < 4.78 is 32.2. The second kappa shape index (κ2) is 9.76. The minimum Gasteiger partial charge on any atom is -0.359 e. The molecule has 11 heteroatoms. The van der Waals surface area contributed by atoms with E-state index in [1.807, 2.05) is 0 Å². The van der Waals surface area contributed by atoms with Crippen molar-refractivity contribution in [2.45, 2.75) is 17.7 Å². The lowest BCUT2D eigenvalue weighted by atomic mass is 10.2. The molecule has 2 aromatic rings. The van der Waals surface area contributed by atoms with Crippen molar-refractivity contribution in [1.29, 1.82) is 0 Å². The van der Waals surface area contributed by atoms with E-state index in [9.17, 15) is 18.0 Å². The van der Waals surface area contributed by atoms with Crippen LogP contribution in [0.15, 0.2) is 53.4 Å². The van der Waals surface area contributed by atoms with Crippen molar-refractivity contribution in [2.24, 2.45) is 0 Å². The molecule has 1 aliphatic rings. The van der Waals surface area contributed by atoms with Crippen molar-refractivity contribution in [2.75, 3.05) is 19.7 Å². The van der Waals surface area contributed by atoms with Crippen molar-refractivity contribution >= 4 is 45.0 Å². The lowest BCUT2D eigenvalue weighted by Gasteiger charge is -2.22. The monoisotopic (exact) mass is 471 g/mol. The van der Waals surface area contributed by atoms with Crippen molar-refractivity contribution in [3.63, 3.8) is 0 Å². The van der Waals surface area contributed by atoms with Crippen molar-refractivity contribution < 1.29 is 22.7 Å². The molecule has 2 amide bonds. The van der Waals surface area contributed by atoms with Gasteiger partial charge >= 0.3 is 11.8 Å². The molecule has 0 aromatic heterocycles. The summed E-state index contributed by atoms with van der Waals surface area (Å²) in [4.78, 5) is 24.1. The molecule has 0 bridgehead atoms. The Morgan fingerprint density at radius 2 is 1.53 bits per heavy atom. The first kappa shape index (κ1) is 22.5. The molecular formula is C19H19Cl2N3O5S. The summed E-state index contributed by atoms with van der Waals surface area (Å²) in [5, 5.41) is 5.88. The van der Waals surface area contributed by atoms with Crippen LogP contribution < -0.4 is 10.6 Å². The number of nitrogens with one attached hydrogen (secondary N) is 2. The van der Waals surface area contributed by atoms with E-state index in [0.717, 1.165) is 9.87 Å². The molecule has 0 unspecified atom stereocenters. The van der Waals surface area contributed by atoms with Gasteiger partial charge in [-0.3, -0.25) is 9.59 Å². The Bertz CT molecular complexity index is 1010. The zero-order chi connectivity index (χ0) is 21.7. The van der Waals surface area contributed by atoms with E-state index in [4.69, 9.17) is 27.9 Å². The summed E-state index contributed by atoms with van der Waals surface area (Å²) >= 11 is 11.6. The number of halogens is 2. The first-order valence-electron chi connectivity index (χ1n) is 8.97. The molecule has 1 aliphatic heterocycles. The van der Waals surface area contributed by atoms with E-state index in [-0.39, 0.29) is 31.1 Å². The first-order valence-corrected chi connectivity index (χ1v) is 11.2. The predicted octanol–water partition coefficient (Wildman–Crippen LogP) is 1.77. The molecule has 1 atom stereocenters. The van der Waals surface area contributed by atoms with Gasteiger partial charge in [-0.1, -0.05) is 35.3 Å². The Morgan fingerprint density at radius 3 is 2.17 bits per heavy atom. The number of carbonyl (C=O) groups is 2. The van der Waals surface area contributed by atoms with Crippen LogP contribution in [0.2, 0.25) is 10.0 Å². The molecule has 2 N–H and O–H groups in total. The van der Waals surface area contributed by atoms with Crippen LogP contribution in [-0.4, -0.2) is 50.5 Å². The Morgan fingerprint density at radius 1 is 0.967 bits per heavy atom. The molecule has 0 saturated carbocycles. The van der Waals surface area contributed by atoms with Crippen LogP contribution in [0.3, 0.4) is 0 Å². The smallest absolute Gasteiger partial charge is 0.309 e. The first-order chi connectivity index (χ1) is 14.3.